The molecule has 1 N–H and O–H groups in total. The number of hydrogen-bond donors (Lipinski definition) is 1. The van der Waals surface area contributed by atoms with Gasteiger partial charge in [0.1, 0.15) is 5.82 Å². The predicted molar refractivity (Wildman–Crippen MR) is 66.8 cm³/mol. The molecular formula is C12H17FO3S. The fourth-order valence-electron chi connectivity index (χ4n) is 1.66. The highest BCUT2D eigenvalue weighted by Gasteiger charge is 2.22. The molecule has 0 aliphatic rings. The van der Waals surface area contributed by atoms with E-state index in [1.54, 1.807) is 13.2 Å². The van der Waals surface area contributed by atoms with Crippen LogP contribution in [0.4, 0.5) is 4.39 Å². The molecule has 0 aliphatic heterocycles. The maximum absolute atomic E-state index is 13.9. The van der Waals surface area contributed by atoms with Gasteiger partial charge in [-0.05, 0) is 12.3 Å². The third kappa shape index (κ3) is 2.66. The maximum Gasteiger partial charge on any atom is 0.177 e. The smallest absolute Gasteiger partial charge is 0.177 e. The first kappa shape index (κ1) is 14.1. The van der Waals surface area contributed by atoms with Crippen molar-refractivity contribution >= 4 is 11.8 Å². The van der Waals surface area contributed by atoms with Crippen LogP contribution in [-0.4, -0.2) is 32.2 Å². The van der Waals surface area contributed by atoms with Crippen molar-refractivity contribution in [2.45, 2.75) is 17.7 Å². The molecule has 0 spiro atoms. The van der Waals surface area contributed by atoms with Crippen molar-refractivity contribution in [3.63, 3.8) is 0 Å². The Kier molecular flexibility index (Phi) is 5.08. The zero-order valence-electron chi connectivity index (χ0n) is 10.4. The molecule has 0 heterocycles. The van der Waals surface area contributed by atoms with Crippen molar-refractivity contribution in [1.29, 1.82) is 0 Å². The summed E-state index contributed by atoms with van der Waals surface area (Å²) in [6.07, 6.45) is 1.77. The molecule has 0 saturated carbocycles. The Morgan fingerprint density at radius 3 is 2.35 bits per heavy atom. The summed E-state index contributed by atoms with van der Waals surface area (Å²) in [5, 5.41) is 9.17. The number of ether oxygens (including phenoxy) is 2. The maximum atomic E-state index is 13.9. The highest BCUT2D eigenvalue weighted by atomic mass is 32.2. The summed E-state index contributed by atoms with van der Waals surface area (Å²) >= 11 is 1.26. The van der Waals surface area contributed by atoms with Crippen LogP contribution in [0.3, 0.4) is 0 Å². The van der Waals surface area contributed by atoms with Crippen molar-refractivity contribution in [1.82, 2.24) is 0 Å². The lowest BCUT2D eigenvalue weighted by Gasteiger charge is -2.19. The Balaban J connectivity index is 3.47. The third-order valence-corrected chi connectivity index (χ3v) is 3.38. The van der Waals surface area contributed by atoms with Crippen molar-refractivity contribution in [2.24, 2.45) is 0 Å². The average Bonchev–Trinajstić information content (AvgIpc) is 2.36. The highest BCUT2D eigenvalue weighted by molar-refractivity contribution is 7.98. The standard InChI is InChI=1S/C12H17FO3S/c1-7(6-14)8-5-9(13)12(17-4)11(16-3)10(8)15-2/h5,7,14H,6H2,1-4H3. The first-order chi connectivity index (χ1) is 8.10. The number of aliphatic hydroxyl groups is 1. The monoisotopic (exact) mass is 260 g/mol. The second kappa shape index (κ2) is 6.12. The van der Waals surface area contributed by atoms with Gasteiger partial charge < -0.3 is 14.6 Å². The normalized spacial score (nSPS) is 12.4. The summed E-state index contributed by atoms with van der Waals surface area (Å²) in [4.78, 5) is 0.415. The number of methoxy groups -OCH3 is 2. The van der Waals surface area contributed by atoms with E-state index in [9.17, 15) is 4.39 Å². The predicted octanol–water partition coefficient (Wildman–Crippen LogP) is 2.66. The minimum atomic E-state index is -0.356. The molecule has 1 aromatic rings. The molecule has 1 unspecified atom stereocenters. The topological polar surface area (TPSA) is 38.7 Å². The Morgan fingerprint density at radius 1 is 1.35 bits per heavy atom. The van der Waals surface area contributed by atoms with E-state index in [0.29, 0.717) is 22.0 Å². The molecule has 0 aliphatic carbocycles. The van der Waals surface area contributed by atoms with Crippen molar-refractivity contribution in [3.05, 3.63) is 17.4 Å². The van der Waals surface area contributed by atoms with Crippen molar-refractivity contribution in [3.8, 4) is 11.5 Å². The van der Waals surface area contributed by atoms with E-state index in [-0.39, 0.29) is 18.3 Å². The second-order valence-electron chi connectivity index (χ2n) is 3.63. The van der Waals surface area contributed by atoms with Crippen LogP contribution in [0, 0.1) is 5.82 Å². The molecule has 0 bridgehead atoms. The minimum absolute atomic E-state index is 0.0719. The number of benzene rings is 1. The molecule has 0 aromatic heterocycles. The second-order valence-corrected chi connectivity index (χ2v) is 4.45. The van der Waals surface area contributed by atoms with Gasteiger partial charge in [-0.15, -0.1) is 11.8 Å². The number of aliphatic hydroxyl groups excluding tert-OH is 1. The molecule has 0 saturated heterocycles. The van der Waals surface area contributed by atoms with E-state index in [1.165, 1.54) is 32.0 Å². The lowest BCUT2D eigenvalue weighted by atomic mass is 10.00. The van der Waals surface area contributed by atoms with Crippen LogP contribution in [0.5, 0.6) is 11.5 Å². The number of halogens is 1. The van der Waals surface area contributed by atoms with Crippen LogP contribution in [0.2, 0.25) is 0 Å². The molecule has 1 atom stereocenters. The molecule has 17 heavy (non-hydrogen) atoms. The van der Waals surface area contributed by atoms with Crippen molar-refractivity contribution < 1.29 is 19.0 Å². The van der Waals surface area contributed by atoms with Crippen LogP contribution in [0.1, 0.15) is 18.4 Å². The fraction of sp³-hybridized carbons (Fsp3) is 0.500. The molecule has 0 amide bonds. The van der Waals surface area contributed by atoms with Gasteiger partial charge in [0, 0.05) is 18.1 Å². The van der Waals surface area contributed by atoms with Gasteiger partial charge in [0.05, 0.1) is 19.1 Å². The molecule has 0 fully saturated rings. The van der Waals surface area contributed by atoms with Gasteiger partial charge >= 0.3 is 0 Å². The average molecular weight is 260 g/mol. The third-order valence-electron chi connectivity index (χ3n) is 2.59. The SMILES string of the molecule is COc1c(C(C)CO)cc(F)c(SC)c1OC. The van der Waals surface area contributed by atoms with Crippen LogP contribution in [-0.2, 0) is 0 Å². The number of rotatable bonds is 5. The van der Waals surface area contributed by atoms with Gasteiger partial charge in [0.2, 0.25) is 0 Å². The molecule has 96 valence electrons. The summed E-state index contributed by atoms with van der Waals surface area (Å²) in [6, 6.07) is 1.40. The van der Waals surface area contributed by atoms with Gasteiger partial charge in [0.15, 0.2) is 11.5 Å². The zero-order valence-corrected chi connectivity index (χ0v) is 11.2. The van der Waals surface area contributed by atoms with E-state index in [1.807, 2.05) is 0 Å². The quantitative estimate of drug-likeness (QED) is 0.826. The fourth-order valence-corrected chi connectivity index (χ4v) is 2.28. The van der Waals surface area contributed by atoms with Crippen LogP contribution in [0.25, 0.3) is 0 Å². The molecule has 3 nitrogen and oxygen atoms in total. The zero-order chi connectivity index (χ0) is 13.0. The molecular weight excluding hydrogens is 243 g/mol. The van der Waals surface area contributed by atoms with E-state index in [4.69, 9.17) is 14.6 Å². The largest absolute Gasteiger partial charge is 0.493 e. The first-order valence-corrected chi connectivity index (χ1v) is 6.42. The van der Waals surface area contributed by atoms with Crippen LogP contribution >= 0.6 is 11.8 Å². The summed E-state index contributed by atoms with van der Waals surface area (Å²) in [5.41, 5.74) is 0.613. The Labute approximate surface area is 105 Å². The summed E-state index contributed by atoms with van der Waals surface area (Å²) in [7, 11) is 2.98. The molecule has 5 heteroatoms. The molecule has 1 rings (SSSR count). The van der Waals surface area contributed by atoms with Gasteiger partial charge in [-0.1, -0.05) is 6.92 Å². The Hall–Kier alpha value is -0.940. The van der Waals surface area contributed by atoms with E-state index < -0.39 is 0 Å². The van der Waals surface area contributed by atoms with Crippen LogP contribution in [0.15, 0.2) is 11.0 Å². The van der Waals surface area contributed by atoms with Crippen LogP contribution < -0.4 is 9.47 Å². The number of thioether (sulfide) groups is 1. The van der Waals surface area contributed by atoms with E-state index in [0.717, 1.165) is 0 Å². The van der Waals surface area contributed by atoms with Gasteiger partial charge in [0.25, 0.3) is 0 Å². The minimum Gasteiger partial charge on any atom is -0.493 e. The Bertz CT molecular complexity index is 396. The first-order valence-electron chi connectivity index (χ1n) is 5.19. The Morgan fingerprint density at radius 2 is 1.94 bits per heavy atom. The lowest BCUT2D eigenvalue weighted by molar-refractivity contribution is 0.267. The van der Waals surface area contributed by atoms with Gasteiger partial charge in [-0.25, -0.2) is 4.39 Å². The lowest BCUT2D eigenvalue weighted by Crippen LogP contribution is -2.05. The number of hydrogen-bond acceptors (Lipinski definition) is 4. The summed E-state index contributed by atoms with van der Waals surface area (Å²) in [5.74, 6) is 0.310. The van der Waals surface area contributed by atoms with Gasteiger partial charge in [-0.2, -0.15) is 0 Å². The molecule has 1 aromatic carbocycles. The van der Waals surface area contributed by atoms with Crippen molar-refractivity contribution in [2.75, 3.05) is 27.1 Å². The molecule has 0 radical (unpaired) electrons. The van der Waals surface area contributed by atoms with E-state index >= 15 is 0 Å². The highest BCUT2D eigenvalue weighted by Crippen LogP contribution is 2.43. The summed E-state index contributed by atoms with van der Waals surface area (Å²) < 4.78 is 24.4. The summed E-state index contributed by atoms with van der Waals surface area (Å²) in [6.45, 7) is 1.73. The van der Waals surface area contributed by atoms with E-state index in [2.05, 4.69) is 0 Å². The van der Waals surface area contributed by atoms with Gasteiger partial charge in [-0.3, -0.25) is 0 Å².